The van der Waals surface area contributed by atoms with Crippen LogP contribution in [0.5, 0.6) is 0 Å². The molecule has 0 spiro atoms. The second kappa shape index (κ2) is 13.9. The van der Waals surface area contributed by atoms with Crippen molar-refractivity contribution in [2.75, 3.05) is 0 Å². The van der Waals surface area contributed by atoms with E-state index in [0.717, 1.165) is 96.5 Å². The van der Waals surface area contributed by atoms with Crippen LogP contribution in [-0.2, 0) is 0 Å². The summed E-state index contributed by atoms with van der Waals surface area (Å²) in [6.45, 7) is 0. The standard InChI is InChI=1S/C56H34N4OS/c57-35-37-27-39(59-51-23-11-7-19-45(51)46-20-8-12-24-52(46)59)31-43(29-37)62(41-15-3-1-4-16-41,42-17-5-2-6-18-42)44-30-38(36-58)28-40(32-44)60-53-25-13-9-21-47(53)49-33-50-48-22-10-14-26-55(48)61-56(50)34-54(49)60/h1-34H. The van der Waals surface area contributed by atoms with Gasteiger partial charge in [-0.05, 0) is 91.0 Å². The Morgan fingerprint density at radius 2 is 0.774 bits per heavy atom. The van der Waals surface area contributed by atoms with Crippen LogP contribution in [0.4, 0.5) is 0 Å². The van der Waals surface area contributed by atoms with Gasteiger partial charge in [0, 0.05) is 69.3 Å². The topological polar surface area (TPSA) is 70.6 Å². The molecule has 0 saturated carbocycles. The van der Waals surface area contributed by atoms with E-state index in [-0.39, 0.29) is 0 Å². The summed E-state index contributed by atoms with van der Waals surface area (Å²) in [4.78, 5) is 4.13. The van der Waals surface area contributed by atoms with Crippen LogP contribution in [0.25, 0.3) is 76.9 Å². The summed E-state index contributed by atoms with van der Waals surface area (Å²) < 4.78 is 11.0. The third-order valence-electron chi connectivity index (χ3n) is 12.2. The first-order valence-electron chi connectivity index (χ1n) is 20.5. The van der Waals surface area contributed by atoms with Crippen molar-refractivity contribution in [2.45, 2.75) is 19.6 Å². The van der Waals surface area contributed by atoms with Gasteiger partial charge in [0.15, 0.2) is 0 Å². The molecule has 5 nitrogen and oxygen atoms in total. The van der Waals surface area contributed by atoms with Gasteiger partial charge >= 0.3 is 0 Å². The zero-order valence-electron chi connectivity index (χ0n) is 33.2. The van der Waals surface area contributed by atoms with Crippen molar-refractivity contribution in [1.82, 2.24) is 9.13 Å². The Morgan fingerprint density at radius 3 is 1.29 bits per heavy atom. The molecule has 0 saturated heterocycles. The van der Waals surface area contributed by atoms with E-state index >= 15 is 0 Å². The second-order valence-electron chi connectivity index (χ2n) is 15.6. The van der Waals surface area contributed by atoms with Crippen molar-refractivity contribution in [2.24, 2.45) is 0 Å². The molecule has 0 bridgehead atoms. The second-order valence-corrected chi connectivity index (χ2v) is 18.7. The minimum absolute atomic E-state index is 0.538. The smallest absolute Gasteiger partial charge is 0.137 e. The summed E-state index contributed by atoms with van der Waals surface area (Å²) in [6, 6.07) is 76.9. The molecule has 290 valence electrons. The van der Waals surface area contributed by atoms with Gasteiger partial charge in [-0.25, -0.2) is 0 Å². The van der Waals surface area contributed by atoms with Crippen molar-refractivity contribution >= 4 is 75.6 Å². The van der Waals surface area contributed by atoms with E-state index in [2.05, 4.69) is 185 Å². The molecule has 62 heavy (non-hydrogen) atoms. The van der Waals surface area contributed by atoms with E-state index in [4.69, 9.17) is 4.42 Å². The molecule has 0 fully saturated rings. The molecule has 12 rings (SSSR count). The Hall–Kier alpha value is -8.29. The Morgan fingerprint density at radius 1 is 0.339 bits per heavy atom. The molecule has 0 unspecified atom stereocenters. The molecule has 0 aliphatic carbocycles. The molecule has 0 atom stereocenters. The number of fused-ring (bicyclic) bond motifs is 9. The van der Waals surface area contributed by atoms with Crippen LogP contribution in [0.2, 0.25) is 0 Å². The first-order valence-corrected chi connectivity index (χ1v) is 22.1. The van der Waals surface area contributed by atoms with Crippen LogP contribution in [0.1, 0.15) is 11.1 Å². The van der Waals surface area contributed by atoms with Gasteiger partial charge in [-0.3, -0.25) is 0 Å². The maximum Gasteiger partial charge on any atom is 0.137 e. The molecule has 0 aliphatic heterocycles. The molecule has 6 heteroatoms. The number of aromatic nitrogens is 2. The number of nitriles is 2. The molecule has 12 aromatic rings. The number of hydrogen-bond donors (Lipinski definition) is 0. The lowest BCUT2D eigenvalue weighted by atomic mass is 10.1. The van der Waals surface area contributed by atoms with Crippen LogP contribution >= 0.6 is 10.0 Å². The van der Waals surface area contributed by atoms with Crippen molar-refractivity contribution in [3.8, 4) is 23.5 Å². The number of hydrogen-bond acceptors (Lipinski definition) is 3. The summed E-state index contributed by atoms with van der Waals surface area (Å²) in [5.74, 6) is 0. The van der Waals surface area contributed by atoms with E-state index in [1.165, 1.54) is 0 Å². The highest BCUT2D eigenvalue weighted by Crippen LogP contribution is 2.74. The van der Waals surface area contributed by atoms with Crippen LogP contribution in [0.15, 0.2) is 230 Å². The maximum atomic E-state index is 11.0. The number of nitrogens with zero attached hydrogens (tertiary/aromatic N) is 4. The van der Waals surface area contributed by atoms with Gasteiger partial charge in [0.25, 0.3) is 0 Å². The third-order valence-corrected chi connectivity index (χ3v) is 16.1. The first kappa shape index (κ1) is 35.6. The normalized spacial score (nSPS) is 12.1. The Labute approximate surface area is 358 Å². The summed E-state index contributed by atoms with van der Waals surface area (Å²) in [5, 5.41) is 28.5. The predicted molar refractivity (Wildman–Crippen MR) is 252 cm³/mol. The number of para-hydroxylation sites is 4. The predicted octanol–water partition coefficient (Wildman–Crippen LogP) is 14.9. The van der Waals surface area contributed by atoms with E-state index < -0.39 is 10.0 Å². The largest absolute Gasteiger partial charge is 0.456 e. The monoisotopic (exact) mass is 810 g/mol. The van der Waals surface area contributed by atoms with Gasteiger partial charge in [0.05, 0.1) is 45.3 Å². The molecule has 3 heterocycles. The minimum Gasteiger partial charge on any atom is -0.456 e. The molecule has 9 aromatic carbocycles. The van der Waals surface area contributed by atoms with E-state index in [0.29, 0.717) is 11.1 Å². The van der Waals surface area contributed by atoms with Crippen molar-refractivity contribution in [3.63, 3.8) is 0 Å². The molecule has 3 aromatic heterocycles. The SMILES string of the molecule is N#Cc1cc(-n2c3ccccc3c3ccccc32)cc(S(c2ccccc2)(c2ccccc2)c2cc(C#N)cc(-n3c4ccccc4c4cc5c(cc43)oc3ccccc35)c2)c1. The summed E-state index contributed by atoms with van der Waals surface area (Å²) in [6.07, 6.45) is 0. The van der Waals surface area contributed by atoms with E-state index in [9.17, 15) is 10.5 Å². The maximum absolute atomic E-state index is 11.0. The number of rotatable bonds is 6. The Balaban J connectivity index is 1.20. The molecular weight excluding hydrogens is 777 g/mol. The molecule has 0 amide bonds. The van der Waals surface area contributed by atoms with Crippen LogP contribution in [-0.4, -0.2) is 9.13 Å². The quantitative estimate of drug-likeness (QED) is 0.168. The highest BCUT2D eigenvalue weighted by molar-refractivity contribution is 8.34. The zero-order chi connectivity index (χ0) is 41.4. The fourth-order valence-electron chi connectivity index (χ4n) is 9.64. The average Bonchev–Trinajstić information content (AvgIpc) is 3.99. The van der Waals surface area contributed by atoms with Crippen LogP contribution in [0, 0.1) is 22.7 Å². The highest BCUT2D eigenvalue weighted by atomic mass is 32.3. The fraction of sp³-hybridized carbons (Fsp3) is 0. The summed E-state index contributed by atoms with van der Waals surface area (Å²) in [7, 11) is -2.42. The van der Waals surface area contributed by atoms with Gasteiger partial charge in [0.1, 0.15) is 11.2 Å². The summed E-state index contributed by atoms with van der Waals surface area (Å²) >= 11 is 0. The molecule has 0 radical (unpaired) electrons. The Bertz CT molecular complexity index is 3750. The lowest BCUT2D eigenvalue weighted by Crippen LogP contribution is -2.08. The third kappa shape index (κ3) is 5.21. The average molecular weight is 811 g/mol. The van der Waals surface area contributed by atoms with Gasteiger partial charge < -0.3 is 13.6 Å². The number of benzene rings is 9. The van der Waals surface area contributed by atoms with Crippen molar-refractivity contribution < 1.29 is 4.42 Å². The van der Waals surface area contributed by atoms with Crippen LogP contribution in [0.3, 0.4) is 0 Å². The lowest BCUT2D eigenvalue weighted by molar-refractivity contribution is 0.669. The molecular formula is C56H34N4OS. The minimum atomic E-state index is -2.42. The van der Waals surface area contributed by atoms with Gasteiger partial charge in [-0.15, -0.1) is 10.0 Å². The van der Waals surface area contributed by atoms with Gasteiger partial charge in [-0.1, -0.05) is 109 Å². The van der Waals surface area contributed by atoms with Gasteiger partial charge in [-0.2, -0.15) is 10.5 Å². The number of furan rings is 1. The van der Waals surface area contributed by atoms with Crippen molar-refractivity contribution in [1.29, 1.82) is 10.5 Å². The summed E-state index contributed by atoms with van der Waals surface area (Å²) in [5.41, 5.74) is 8.64. The molecule has 0 N–H and O–H groups in total. The first-order chi connectivity index (χ1) is 30.6. The zero-order valence-corrected chi connectivity index (χ0v) is 34.1. The molecule has 0 aliphatic rings. The van der Waals surface area contributed by atoms with Gasteiger partial charge in [0.2, 0.25) is 0 Å². The highest BCUT2D eigenvalue weighted by Gasteiger charge is 2.35. The van der Waals surface area contributed by atoms with E-state index in [1.54, 1.807) is 0 Å². The van der Waals surface area contributed by atoms with E-state index in [1.807, 2.05) is 42.5 Å². The Kier molecular flexibility index (Phi) is 7.99. The van der Waals surface area contributed by atoms with Crippen LogP contribution < -0.4 is 0 Å². The van der Waals surface area contributed by atoms with Crippen molar-refractivity contribution in [3.05, 3.63) is 217 Å². The lowest BCUT2D eigenvalue weighted by Gasteiger charge is -2.42. The fourth-order valence-corrected chi connectivity index (χ4v) is 13.6.